The van der Waals surface area contributed by atoms with Crippen molar-refractivity contribution in [3.8, 4) is 0 Å². The lowest BCUT2D eigenvalue weighted by atomic mass is 10.1. The molecule has 17 heavy (non-hydrogen) atoms. The minimum absolute atomic E-state index is 0.0228. The molecule has 0 spiro atoms. The highest BCUT2D eigenvalue weighted by atomic mass is 16.5. The van der Waals surface area contributed by atoms with Crippen molar-refractivity contribution < 1.29 is 14.3 Å². The molecule has 1 fully saturated rings. The summed E-state index contributed by atoms with van der Waals surface area (Å²) in [5.41, 5.74) is 2.70. The van der Waals surface area contributed by atoms with Gasteiger partial charge in [0.25, 0.3) is 5.91 Å². The van der Waals surface area contributed by atoms with Crippen LogP contribution in [0.15, 0.2) is 5.10 Å². The van der Waals surface area contributed by atoms with Gasteiger partial charge in [0, 0.05) is 19.4 Å². The predicted molar refractivity (Wildman–Crippen MR) is 61.4 cm³/mol. The Bertz CT molecular complexity index is 348. The summed E-state index contributed by atoms with van der Waals surface area (Å²) in [6.45, 7) is 2.69. The summed E-state index contributed by atoms with van der Waals surface area (Å²) in [5.74, 6) is -0.360. The van der Waals surface area contributed by atoms with E-state index in [0.29, 0.717) is 18.6 Å². The zero-order valence-electron chi connectivity index (χ0n) is 9.86. The molecule has 6 nitrogen and oxygen atoms in total. The number of hydrogen-bond donors (Lipinski definition) is 2. The van der Waals surface area contributed by atoms with Crippen LogP contribution in [0.25, 0.3) is 0 Å². The molecule has 0 aromatic rings. The van der Waals surface area contributed by atoms with Crippen molar-refractivity contribution >= 4 is 17.5 Å². The summed E-state index contributed by atoms with van der Waals surface area (Å²) in [5, 5.41) is 6.61. The summed E-state index contributed by atoms with van der Waals surface area (Å²) >= 11 is 0. The minimum Gasteiger partial charge on any atom is -0.376 e. The lowest BCUT2D eigenvalue weighted by molar-refractivity contribution is -0.121. The van der Waals surface area contributed by atoms with Crippen molar-refractivity contribution in [1.29, 1.82) is 0 Å². The molecule has 0 aliphatic carbocycles. The molecule has 0 aromatic carbocycles. The molecule has 2 rings (SSSR count). The monoisotopic (exact) mass is 239 g/mol. The molecular formula is C11H17N3O3. The van der Waals surface area contributed by atoms with Crippen molar-refractivity contribution in [3.63, 3.8) is 0 Å². The molecule has 0 saturated carbocycles. The van der Waals surface area contributed by atoms with E-state index < -0.39 is 0 Å². The van der Waals surface area contributed by atoms with E-state index in [2.05, 4.69) is 15.8 Å². The first-order valence-corrected chi connectivity index (χ1v) is 5.94. The van der Waals surface area contributed by atoms with Crippen LogP contribution < -0.4 is 10.7 Å². The number of carbonyl (C=O) groups is 2. The predicted octanol–water partition coefficient (Wildman–Crippen LogP) is -0.0639. The minimum atomic E-state index is -0.215. The molecule has 0 radical (unpaired) electrons. The molecule has 94 valence electrons. The Balaban J connectivity index is 1.86. The summed E-state index contributed by atoms with van der Waals surface area (Å²) in [7, 11) is 0. The van der Waals surface area contributed by atoms with Gasteiger partial charge in [-0.2, -0.15) is 5.10 Å². The smallest absolute Gasteiger partial charge is 0.267 e. The Labute approximate surface area is 99.8 Å². The van der Waals surface area contributed by atoms with Crippen LogP contribution in [0, 0.1) is 0 Å². The van der Waals surface area contributed by atoms with Crippen LogP contribution in [-0.2, 0) is 14.3 Å². The van der Waals surface area contributed by atoms with Crippen LogP contribution in [0.1, 0.15) is 32.6 Å². The van der Waals surface area contributed by atoms with Gasteiger partial charge >= 0.3 is 0 Å². The fraction of sp³-hybridized carbons (Fsp3) is 0.727. The second kappa shape index (κ2) is 5.27. The Kier molecular flexibility index (Phi) is 3.73. The van der Waals surface area contributed by atoms with Gasteiger partial charge in [-0.05, 0) is 19.8 Å². The highest BCUT2D eigenvalue weighted by molar-refractivity contribution is 6.39. The van der Waals surface area contributed by atoms with Crippen LogP contribution in [0.5, 0.6) is 0 Å². The maximum absolute atomic E-state index is 11.8. The number of rotatable bonds is 3. The molecule has 2 atom stereocenters. The van der Waals surface area contributed by atoms with E-state index in [-0.39, 0.29) is 24.0 Å². The number of nitrogens with one attached hydrogen (secondary N) is 2. The van der Waals surface area contributed by atoms with E-state index >= 15 is 0 Å². The highest BCUT2D eigenvalue weighted by Gasteiger charge is 2.26. The van der Waals surface area contributed by atoms with E-state index in [0.717, 1.165) is 19.4 Å². The molecule has 0 unspecified atom stereocenters. The normalized spacial score (nSPS) is 26.1. The number of hydrazone groups is 1. The second-order valence-electron chi connectivity index (χ2n) is 4.41. The highest BCUT2D eigenvalue weighted by Crippen LogP contribution is 2.15. The second-order valence-corrected chi connectivity index (χ2v) is 4.41. The molecule has 2 amide bonds. The molecule has 1 saturated heterocycles. The Morgan fingerprint density at radius 2 is 2.41 bits per heavy atom. The Morgan fingerprint density at radius 3 is 3.00 bits per heavy atom. The maximum atomic E-state index is 11.8. The van der Waals surface area contributed by atoms with Gasteiger partial charge in [-0.1, -0.05) is 0 Å². The lowest BCUT2D eigenvalue weighted by Crippen LogP contribution is -2.45. The zero-order chi connectivity index (χ0) is 12.3. The standard InChI is InChI=1S/C11H17N3O3/c1-7(9-3-2-6-17-9)12-11(16)8-4-5-10(15)14-13-8/h7,9H,2-6H2,1H3,(H,12,16)(H,14,15)/t7-,9-/m1/s1. The summed E-state index contributed by atoms with van der Waals surface area (Å²) in [6, 6.07) is -0.0228. The van der Waals surface area contributed by atoms with Gasteiger partial charge in [0.1, 0.15) is 5.71 Å². The van der Waals surface area contributed by atoms with E-state index in [1.54, 1.807) is 0 Å². The molecule has 2 aliphatic rings. The molecule has 6 heteroatoms. The van der Waals surface area contributed by atoms with Gasteiger partial charge in [-0.25, -0.2) is 5.43 Å². The fourth-order valence-corrected chi connectivity index (χ4v) is 2.02. The third kappa shape index (κ3) is 3.03. The Hall–Kier alpha value is -1.43. The number of nitrogens with zero attached hydrogens (tertiary/aromatic N) is 1. The zero-order valence-corrected chi connectivity index (χ0v) is 9.86. The van der Waals surface area contributed by atoms with E-state index in [1.165, 1.54) is 0 Å². The van der Waals surface area contributed by atoms with Crippen LogP contribution >= 0.6 is 0 Å². The summed E-state index contributed by atoms with van der Waals surface area (Å²) < 4.78 is 5.50. The molecule has 2 N–H and O–H groups in total. The van der Waals surface area contributed by atoms with Crippen LogP contribution in [0.2, 0.25) is 0 Å². The van der Waals surface area contributed by atoms with Crippen molar-refractivity contribution in [2.75, 3.05) is 6.61 Å². The van der Waals surface area contributed by atoms with Crippen molar-refractivity contribution in [2.24, 2.45) is 5.10 Å². The van der Waals surface area contributed by atoms with Crippen LogP contribution in [0.4, 0.5) is 0 Å². The van der Waals surface area contributed by atoms with Crippen LogP contribution in [0.3, 0.4) is 0 Å². The van der Waals surface area contributed by atoms with Gasteiger partial charge in [-0.15, -0.1) is 0 Å². The van der Waals surface area contributed by atoms with Gasteiger partial charge < -0.3 is 10.1 Å². The SMILES string of the molecule is C[C@@H](NC(=O)C1=NNC(=O)CC1)[C@H]1CCCO1. The number of carbonyl (C=O) groups excluding carboxylic acids is 2. The van der Waals surface area contributed by atoms with E-state index in [4.69, 9.17) is 4.74 Å². The van der Waals surface area contributed by atoms with Crippen molar-refractivity contribution in [3.05, 3.63) is 0 Å². The number of hydrogen-bond acceptors (Lipinski definition) is 4. The van der Waals surface area contributed by atoms with Gasteiger partial charge in [0.15, 0.2) is 0 Å². The van der Waals surface area contributed by atoms with Gasteiger partial charge in [0.2, 0.25) is 5.91 Å². The van der Waals surface area contributed by atoms with Crippen LogP contribution in [-0.4, -0.2) is 36.3 Å². The van der Waals surface area contributed by atoms with Gasteiger partial charge in [0.05, 0.1) is 12.1 Å². The molecule has 0 bridgehead atoms. The first-order valence-electron chi connectivity index (χ1n) is 5.94. The lowest BCUT2D eigenvalue weighted by Gasteiger charge is -2.21. The largest absolute Gasteiger partial charge is 0.376 e. The molecule has 2 aliphatic heterocycles. The average molecular weight is 239 g/mol. The van der Waals surface area contributed by atoms with Gasteiger partial charge in [-0.3, -0.25) is 9.59 Å². The number of amides is 2. The fourth-order valence-electron chi connectivity index (χ4n) is 2.02. The molecule has 2 heterocycles. The molecular weight excluding hydrogens is 222 g/mol. The first kappa shape index (κ1) is 12.0. The van der Waals surface area contributed by atoms with Crippen molar-refractivity contribution in [2.45, 2.75) is 44.8 Å². The third-order valence-corrected chi connectivity index (χ3v) is 3.05. The topological polar surface area (TPSA) is 79.8 Å². The first-order chi connectivity index (χ1) is 8.16. The third-order valence-electron chi connectivity index (χ3n) is 3.05. The van der Waals surface area contributed by atoms with Crippen molar-refractivity contribution in [1.82, 2.24) is 10.7 Å². The summed E-state index contributed by atoms with van der Waals surface area (Å²) in [6.07, 6.45) is 2.83. The molecule has 0 aromatic heterocycles. The summed E-state index contributed by atoms with van der Waals surface area (Å²) in [4.78, 5) is 22.7. The average Bonchev–Trinajstić information content (AvgIpc) is 2.83. The maximum Gasteiger partial charge on any atom is 0.267 e. The van der Waals surface area contributed by atoms with E-state index in [9.17, 15) is 9.59 Å². The Morgan fingerprint density at radius 1 is 1.59 bits per heavy atom. The number of ether oxygens (including phenoxy) is 1. The van der Waals surface area contributed by atoms with E-state index in [1.807, 2.05) is 6.92 Å². The quantitative estimate of drug-likeness (QED) is 0.724.